The van der Waals surface area contributed by atoms with Crippen molar-refractivity contribution in [2.45, 2.75) is 51.7 Å². The van der Waals surface area contributed by atoms with E-state index in [9.17, 15) is 4.79 Å². The zero-order chi connectivity index (χ0) is 12.0. The van der Waals surface area contributed by atoms with E-state index in [1.807, 2.05) is 13.8 Å². The Morgan fingerprint density at radius 2 is 2.38 bits per heavy atom. The third kappa shape index (κ3) is 4.19. The van der Waals surface area contributed by atoms with Gasteiger partial charge in [-0.1, -0.05) is 13.8 Å². The first kappa shape index (κ1) is 13.0. The molecule has 0 aromatic carbocycles. The summed E-state index contributed by atoms with van der Waals surface area (Å²) in [5, 5.41) is 11.6. The van der Waals surface area contributed by atoms with Crippen molar-refractivity contribution in [1.29, 1.82) is 5.26 Å². The summed E-state index contributed by atoms with van der Waals surface area (Å²) in [5.74, 6) is 0.104. The van der Waals surface area contributed by atoms with Gasteiger partial charge in [0.2, 0.25) is 5.91 Å². The maximum Gasteiger partial charge on any atom is 0.221 e. The molecule has 2 unspecified atom stereocenters. The van der Waals surface area contributed by atoms with Crippen LogP contribution >= 0.6 is 0 Å². The Kier molecular flexibility index (Phi) is 5.27. The number of amides is 1. The summed E-state index contributed by atoms with van der Waals surface area (Å²) in [7, 11) is 0. The maximum absolute atomic E-state index is 11.6. The molecule has 1 fully saturated rings. The molecule has 0 radical (unpaired) electrons. The molecule has 0 aromatic heterocycles. The summed E-state index contributed by atoms with van der Waals surface area (Å²) in [4.78, 5) is 11.6. The van der Waals surface area contributed by atoms with Crippen molar-refractivity contribution in [1.82, 2.24) is 5.32 Å². The van der Waals surface area contributed by atoms with Gasteiger partial charge in [0.25, 0.3) is 0 Å². The lowest BCUT2D eigenvalue weighted by Gasteiger charge is -2.15. The van der Waals surface area contributed by atoms with Crippen LogP contribution in [0.15, 0.2) is 0 Å². The Morgan fingerprint density at radius 3 is 2.88 bits per heavy atom. The Hall–Kier alpha value is -1.08. The molecule has 1 rings (SSSR count). The summed E-state index contributed by atoms with van der Waals surface area (Å²) >= 11 is 0. The van der Waals surface area contributed by atoms with Gasteiger partial charge in [-0.15, -0.1) is 0 Å². The predicted molar refractivity (Wildman–Crippen MR) is 60.6 cm³/mol. The molecule has 90 valence electrons. The number of nitrogens with zero attached hydrogens (tertiary/aromatic N) is 1. The van der Waals surface area contributed by atoms with Crippen LogP contribution in [-0.2, 0) is 9.53 Å². The van der Waals surface area contributed by atoms with Crippen molar-refractivity contribution in [3.8, 4) is 6.07 Å². The summed E-state index contributed by atoms with van der Waals surface area (Å²) in [6.07, 6.45) is 3.61. The number of rotatable bonds is 5. The van der Waals surface area contributed by atoms with E-state index in [0.717, 1.165) is 25.9 Å². The SMILES string of the molecule is CC(C)C(C#N)NC(=O)CCC1CCCO1. The Balaban J connectivity index is 2.22. The van der Waals surface area contributed by atoms with Gasteiger partial charge in [-0.25, -0.2) is 0 Å². The fourth-order valence-corrected chi connectivity index (χ4v) is 1.76. The number of carbonyl (C=O) groups excluding carboxylic acids is 1. The molecule has 4 heteroatoms. The lowest BCUT2D eigenvalue weighted by atomic mass is 10.1. The zero-order valence-corrected chi connectivity index (χ0v) is 10.0. The standard InChI is InChI=1S/C12H20N2O2/c1-9(2)11(8-13)14-12(15)6-5-10-4-3-7-16-10/h9-11H,3-7H2,1-2H3,(H,14,15). The van der Waals surface area contributed by atoms with Crippen LogP contribution in [-0.4, -0.2) is 24.7 Å². The molecule has 0 saturated carbocycles. The number of nitriles is 1. The molecule has 2 atom stereocenters. The van der Waals surface area contributed by atoms with Crippen LogP contribution in [0, 0.1) is 17.2 Å². The highest BCUT2D eigenvalue weighted by Gasteiger charge is 2.19. The van der Waals surface area contributed by atoms with Crippen LogP contribution in [0.2, 0.25) is 0 Å². The highest BCUT2D eigenvalue weighted by molar-refractivity contribution is 5.76. The van der Waals surface area contributed by atoms with Crippen LogP contribution in [0.1, 0.15) is 39.5 Å². The van der Waals surface area contributed by atoms with Gasteiger partial charge in [-0.3, -0.25) is 4.79 Å². The predicted octanol–water partition coefficient (Wildman–Crippen LogP) is 1.61. The van der Waals surface area contributed by atoms with Crippen LogP contribution in [0.25, 0.3) is 0 Å². The van der Waals surface area contributed by atoms with Gasteiger partial charge in [0.05, 0.1) is 12.2 Å². The quantitative estimate of drug-likeness (QED) is 0.771. The Bertz CT molecular complexity index is 265. The first-order valence-corrected chi connectivity index (χ1v) is 5.94. The minimum absolute atomic E-state index is 0.0456. The monoisotopic (exact) mass is 224 g/mol. The van der Waals surface area contributed by atoms with Crippen LogP contribution < -0.4 is 5.32 Å². The largest absolute Gasteiger partial charge is 0.378 e. The van der Waals surface area contributed by atoms with Crippen molar-refractivity contribution in [3.05, 3.63) is 0 Å². The van der Waals surface area contributed by atoms with Gasteiger partial charge in [0, 0.05) is 13.0 Å². The second-order valence-electron chi connectivity index (χ2n) is 4.59. The third-order valence-electron chi connectivity index (χ3n) is 2.84. The van der Waals surface area contributed by atoms with Crippen LogP contribution in [0.5, 0.6) is 0 Å². The van der Waals surface area contributed by atoms with Gasteiger partial charge in [-0.05, 0) is 25.2 Å². The van der Waals surface area contributed by atoms with E-state index in [-0.39, 0.29) is 24.0 Å². The smallest absolute Gasteiger partial charge is 0.221 e. The molecule has 1 aliphatic heterocycles. The molecule has 0 aromatic rings. The topological polar surface area (TPSA) is 62.1 Å². The van der Waals surface area contributed by atoms with E-state index in [0.29, 0.717) is 6.42 Å². The zero-order valence-electron chi connectivity index (χ0n) is 10.0. The van der Waals surface area contributed by atoms with E-state index in [1.54, 1.807) is 0 Å². The lowest BCUT2D eigenvalue weighted by molar-refractivity contribution is -0.122. The van der Waals surface area contributed by atoms with Crippen LogP contribution in [0.4, 0.5) is 0 Å². The molecular weight excluding hydrogens is 204 g/mol. The van der Waals surface area contributed by atoms with E-state index in [4.69, 9.17) is 10.00 Å². The van der Waals surface area contributed by atoms with Crippen molar-refractivity contribution >= 4 is 5.91 Å². The molecule has 0 aliphatic carbocycles. The van der Waals surface area contributed by atoms with Crippen LogP contribution in [0.3, 0.4) is 0 Å². The number of hydrogen-bond acceptors (Lipinski definition) is 3. The van der Waals surface area contributed by atoms with Crippen molar-refractivity contribution in [2.75, 3.05) is 6.61 Å². The minimum atomic E-state index is -0.378. The Morgan fingerprint density at radius 1 is 1.62 bits per heavy atom. The van der Waals surface area contributed by atoms with Crippen molar-refractivity contribution in [3.63, 3.8) is 0 Å². The molecule has 1 amide bonds. The third-order valence-corrected chi connectivity index (χ3v) is 2.84. The molecule has 0 spiro atoms. The van der Waals surface area contributed by atoms with E-state index < -0.39 is 0 Å². The molecule has 4 nitrogen and oxygen atoms in total. The van der Waals surface area contributed by atoms with Gasteiger partial charge in [-0.2, -0.15) is 5.26 Å². The van der Waals surface area contributed by atoms with E-state index >= 15 is 0 Å². The van der Waals surface area contributed by atoms with Crippen molar-refractivity contribution < 1.29 is 9.53 Å². The highest BCUT2D eigenvalue weighted by atomic mass is 16.5. The summed E-state index contributed by atoms with van der Waals surface area (Å²) in [6, 6.07) is 1.72. The van der Waals surface area contributed by atoms with Gasteiger partial charge < -0.3 is 10.1 Å². The van der Waals surface area contributed by atoms with E-state index in [1.165, 1.54) is 0 Å². The van der Waals surface area contributed by atoms with Gasteiger partial charge in [0.15, 0.2) is 0 Å². The second kappa shape index (κ2) is 6.49. The average molecular weight is 224 g/mol. The maximum atomic E-state index is 11.6. The molecule has 1 saturated heterocycles. The minimum Gasteiger partial charge on any atom is -0.378 e. The number of carbonyl (C=O) groups is 1. The normalized spacial score (nSPS) is 21.8. The fraction of sp³-hybridized carbons (Fsp3) is 0.833. The van der Waals surface area contributed by atoms with Crippen molar-refractivity contribution in [2.24, 2.45) is 5.92 Å². The number of hydrogen-bond donors (Lipinski definition) is 1. The lowest BCUT2D eigenvalue weighted by Crippen LogP contribution is -2.37. The summed E-state index contributed by atoms with van der Waals surface area (Å²) in [5.41, 5.74) is 0. The first-order chi connectivity index (χ1) is 7.63. The molecule has 1 aliphatic rings. The highest BCUT2D eigenvalue weighted by Crippen LogP contribution is 2.16. The fourth-order valence-electron chi connectivity index (χ4n) is 1.76. The molecule has 1 N–H and O–H groups in total. The molecule has 16 heavy (non-hydrogen) atoms. The van der Waals surface area contributed by atoms with E-state index in [2.05, 4.69) is 11.4 Å². The number of nitrogens with one attached hydrogen (secondary N) is 1. The summed E-state index contributed by atoms with van der Waals surface area (Å²) in [6.45, 7) is 4.67. The Labute approximate surface area is 97.0 Å². The van der Waals surface area contributed by atoms with Gasteiger partial charge in [0.1, 0.15) is 6.04 Å². The summed E-state index contributed by atoms with van der Waals surface area (Å²) < 4.78 is 5.44. The average Bonchev–Trinajstić information content (AvgIpc) is 2.75. The number of ether oxygens (including phenoxy) is 1. The molecule has 1 heterocycles. The first-order valence-electron chi connectivity index (χ1n) is 5.94. The molecule has 0 bridgehead atoms. The second-order valence-corrected chi connectivity index (χ2v) is 4.59. The van der Waals surface area contributed by atoms with Gasteiger partial charge >= 0.3 is 0 Å². The molecular formula is C12H20N2O2.